The number of nitrogens with one attached hydrogen (secondary N) is 3. The van der Waals surface area contributed by atoms with Gasteiger partial charge in [0.05, 0.1) is 0 Å². The van der Waals surface area contributed by atoms with E-state index in [1.165, 1.54) is 0 Å². The molecule has 0 saturated carbocycles. The van der Waals surface area contributed by atoms with Crippen LogP contribution in [0.3, 0.4) is 0 Å². The summed E-state index contributed by atoms with van der Waals surface area (Å²) >= 11 is 5.16. The zero-order valence-corrected chi connectivity index (χ0v) is 11.7. The summed E-state index contributed by atoms with van der Waals surface area (Å²) in [6, 6.07) is 7.53. The lowest BCUT2D eigenvalue weighted by atomic mass is 10.2. The molecule has 1 aromatic carbocycles. The first-order valence-electron chi connectivity index (χ1n) is 5.94. The molecule has 0 bridgehead atoms. The molecule has 0 fully saturated rings. The molecular formula is C13H19N3OS. The maximum Gasteiger partial charge on any atom is 0.242 e. The standard InChI is InChI=1S/C13H19N3OS/c1-4-14-12(17)10(3)15-13(18)16-11-7-5-6-9(2)8-11/h5-8,10H,4H2,1-3H3,(H,14,17)(H2,15,16,18)/t10-/m0/s1. The Kier molecular flexibility index (Phi) is 5.58. The summed E-state index contributed by atoms with van der Waals surface area (Å²) < 4.78 is 0. The molecule has 0 aromatic heterocycles. The molecule has 5 heteroatoms. The van der Waals surface area contributed by atoms with Gasteiger partial charge in [0.15, 0.2) is 5.11 Å². The lowest BCUT2D eigenvalue weighted by Gasteiger charge is -2.16. The highest BCUT2D eigenvalue weighted by Gasteiger charge is 2.12. The van der Waals surface area contributed by atoms with Crippen LogP contribution in [0.1, 0.15) is 19.4 Å². The molecular weight excluding hydrogens is 246 g/mol. The molecule has 0 aliphatic rings. The molecule has 0 radical (unpaired) electrons. The van der Waals surface area contributed by atoms with Crippen molar-refractivity contribution < 1.29 is 4.79 Å². The summed E-state index contributed by atoms with van der Waals surface area (Å²) in [7, 11) is 0. The Balaban J connectivity index is 2.49. The highest BCUT2D eigenvalue weighted by molar-refractivity contribution is 7.80. The van der Waals surface area contributed by atoms with E-state index in [0.717, 1.165) is 11.3 Å². The molecule has 18 heavy (non-hydrogen) atoms. The fourth-order valence-corrected chi connectivity index (χ4v) is 1.77. The molecule has 4 nitrogen and oxygen atoms in total. The molecule has 1 rings (SSSR count). The van der Waals surface area contributed by atoms with Gasteiger partial charge >= 0.3 is 0 Å². The number of likely N-dealkylation sites (N-methyl/N-ethyl adjacent to an activating group) is 1. The number of aryl methyl sites for hydroxylation is 1. The lowest BCUT2D eigenvalue weighted by molar-refractivity contribution is -0.122. The average Bonchev–Trinajstić information content (AvgIpc) is 2.28. The first-order chi connectivity index (χ1) is 8.52. The van der Waals surface area contributed by atoms with Crippen LogP contribution in [-0.4, -0.2) is 23.6 Å². The van der Waals surface area contributed by atoms with E-state index in [0.29, 0.717) is 11.7 Å². The van der Waals surface area contributed by atoms with Gasteiger partial charge in [-0.2, -0.15) is 0 Å². The molecule has 0 spiro atoms. The van der Waals surface area contributed by atoms with Gasteiger partial charge in [-0.15, -0.1) is 0 Å². The summed E-state index contributed by atoms with van der Waals surface area (Å²) in [6.07, 6.45) is 0. The van der Waals surface area contributed by atoms with Crippen molar-refractivity contribution >= 4 is 28.9 Å². The molecule has 0 aliphatic carbocycles. The minimum Gasteiger partial charge on any atom is -0.355 e. The topological polar surface area (TPSA) is 53.2 Å². The number of thiocarbonyl (C=S) groups is 1. The molecule has 0 heterocycles. The monoisotopic (exact) mass is 265 g/mol. The van der Waals surface area contributed by atoms with E-state index in [2.05, 4.69) is 16.0 Å². The van der Waals surface area contributed by atoms with E-state index in [9.17, 15) is 4.79 Å². The van der Waals surface area contributed by atoms with Gasteiger partial charge in [-0.25, -0.2) is 0 Å². The van der Waals surface area contributed by atoms with Crippen LogP contribution in [-0.2, 0) is 4.79 Å². The van der Waals surface area contributed by atoms with Crippen LogP contribution in [0.5, 0.6) is 0 Å². The van der Waals surface area contributed by atoms with Gasteiger partial charge in [-0.05, 0) is 50.7 Å². The SMILES string of the molecule is CCNC(=O)[C@H](C)NC(=S)Nc1cccc(C)c1. The van der Waals surface area contributed by atoms with Gasteiger partial charge < -0.3 is 16.0 Å². The van der Waals surface area contributed by atoms with Crippen molar-refractivity contribution in [2.75, 3.05) is 11.9 Å². The average molecular weight is 265 g/mol. The lowest BCUT2D eigenvalue weighted by Crippen LogP contribution is -2.46. The summed E-state index contributed by atoms with van der Waals surface area (Å²) in [6.45, 7) is 6.28. The number of anilines is 1. The molecule has 1 amide bonds. The van der Waals surface area contributed by atoms with Gasteiger partial charge in [0.1, 0.15) is 6.04 Å². The molecule has 1 aromatic rings. The largest absolute Gasteiger partial charge is 0.355 e. The van der Waals surface area contributed by atoms with Crippen LogP contribution in [0.4, 0.5) is 5.69 Å². The third kappa shape index (κ3) is 4.71. The Morgan fingerprint density at radius 1 is 1.44 bits per heavy atom. The summed E-state index contributed by atoms with van der Waals surface area (Å²) in [4.78, 5) is 11.5. The fourth-order valence-electron chi connectivity index (χ4n) is 1.48. The van der Waals surface area contributed by atoms with E-state index in [1.807, 2.05) is 38.1 Å². The van der Waals surface area contributed by atoms with Crippen LogP contribution in [0.25, 0.3) is 0 Å². The summed E-state index contributed by atoms with van der Waals surface area (Å²) in [5.41, 5.74) is 2.06. The highest BCUT2D eigenvalue weighted by atomic mass is 32.1. The van der Waals surface area contributed by atoms with Gasteiger partial charge in [0.25, 0.3) is 0 Å². The van der Waals surface area contributed by atoms with Crippen molar-refractivity contribution in [2.24, 2.45) is 0 Å². The zero-order chi connectivity index (χ0) is 13.5. The Morgan fingerprint density at radius 2 is 2.17 bits per heavy atom. The van der Waals surface area contributed by atoms with Crippen LogP contribution < -0.4 is 16.0 Å². The van der Waals surface area contributed by atoms with E-state index >= 15 is 0 Å². The van der Waals surface area contributed by atoms with Crippen molar-refractivity contribution in [1.82, 2.24) is 10.6 Å². The Hall–Kier alpha value is -1.62. The summed E-state index contributed by atoms with van der Waals surface area (Å²) in [5, 5.41) is 9.17. The molecule has 0 aliphatic heterocycles. The van der Waals surface area contributed by atoms with Crippen LogP contribution >= 0.6 is 12.2 Å². The second-order valence-electron chi connectivity index (χ2n) is 4.08. The minimum atomic E-state index is -0.352. The van der Waals surface area contributed by atoms with E-state index in [1.54, 1.807) is 6.92 Å². The third-order valence-corrected chi connectivity index (χ3v) is 2.59. The molecule has 3 N–H and O–H groups in total. The quantitative estimate of drug-likeness (QED) is 0.727. The summed E-state index contributed by atoms with van der Waals surface area (Å²) in [5.74, 6) is -0.0640. The molecule has 98 valence electrons. The second kappa shape index (κ2) is 6.96. The Morgan fingerprint density at radius 3 is 2.78 bits per heavy atom. The number of carbonyl (C=O) groups is 1. The molecule has 1 atom stereocenters. The predicted molar refractivity (Wildman–Crippen MR) is 78.7 cm³/mol. The fraction of sp³-hybridized carbons (Fsp3) is 0.385. The number of carbonyl (C=O) groups excluding carboxylic acids is 1. The zero-order valence-electron chi connectivity index (χ0n) is 10.9. The normalized spacial score (nSPS) is 11.5. The maximum absolute atomic E-state index is 11.5. The molecule has 0 saturated heterocycles. The van der Waals surface area contributed by atoms with Crippen LogP contribution in [0, 0.1) is 6.92 Å². The number of rotatable bonds is 4. The number of amides is 1. The third-order valence-electron chi connectivity index (χ3n) is 2.37. The van der Waals surface area contributed by atoms with E-state index in [-0.39, 0.29) is 11.9 Å². The van der Waals surface area contributed by atoms with E-state index < -0.39 is 0 Å². The van der Waals surface area contributed by atoms with Crippen molar-refractivity contribution in [3.8, 4) is 0 Å². The van der Waals surface area contributed by atoms with Gasteiger partial charge in [0.2, 0.25) is 5.91 Å². The first kappa shape index (κ1) is 14.4. The number of hydrogen-bond acceptors (Lipinski definition) is 2. The predicted octanol–water partition coefficient (Wildman–Crippen LogP) is 1.81. The van der Waals surface area contributed by atoms with Gasteiger partial charge in [-0.3, -0.25) is 4.79 Å². The van der Waals surface area contributed by atoms with Crippen LogP contribution in [0.15, 0.2) is 24.3 Å². The smallest absolute Gasteiger partial charge is 0.242 e. The number of benzene rings is 1. The van der Waals surface area contributed by atoms with Crippen molar-refractivity contribution in [1.29, 1.82) is 0 Å². The Labute approximate surface area is 113 Å². The second-order valence-corrected chi connectivity index (χ2v) is 4.49. The molecule has 0 unspecified atom stereocenters. The van der Waals surface area contributed by atoms with E-state index in [4.69, 9.17) is 12.2 Å². The van der Waals surface area contributed by atoms with Crippen molar-refractivity contribution in [3.63, 3.8) is 0 Å². The highest BCUT2D eigenvalue weighted by Crippen LogP contribution is 2.09. The maximum atomic E-state index is 11.5. The Bertz CT molecular complexity index is 434. The first-order valence-corrected chi connectivity index (χ1v) is 6.35. The van der Waals surface area contributed by atoms with Gasteiger partial charge in [0, 0.05) is 12.2 Å². The van der Waals surface area contributed by atoms with Crippen LogP contribution in [0.2, 0.25) is 0 Å². The van der Waals surface area contributed by atoms with Crippen molar-refractivity contribution in [2.45, 2.75) is 26.8 Å². The minimum absolute atomic E-state index is 0.0640. The van der Waals surface area contributed by atoms with Gasteiger partial charge in [-0.1, -0.05) is 12.1 Å². The number of hydrogen-bond donors (Lipinski definition) is 3. The van der Waals surface area contributed by atoms with Crippen molar-refractivity contribution in [3.05, 3.63) is 29.8 Å².